The number of benzene rings is 1. The van der Waals surface area contributed by atoms with Gasteiger partial charge in [0.1, 0.15) is 17.3 Å². The third-order valence-corrected chi connectivity index (χ3v) is 2.68. The van der Waals surface area contributed by atoms with Gasteiger partial charge in [0, 0.05) is 6.07 Å². The van der Waals surface area contributed by atoms with Crippen molar-refractivity contribution in [1.29, 1.82) is 0 Å². The highest BCUT2D eigenvalue weighted by molar-refractivity contribution is 5.45. The van der Waals surface area contributed by atoms with Gasteiger partial charge in [-0.15, -0.1) is 0 Å². The van der Waals surface area contributed by atoms with Crippen LogP contribution in [0.4, 0.5) is 23.4 Å². The van der Waals surface area contributed by atoms with Crippen molar-refractivity contribution in [2.75, 3.05) is 5.73 Å². The molecule has 0 unspecified atom stereocenters. The number of alkyl halides is 3. The third kappa shape index (κ3) is 2.54. The van der Waals surface area contributed by atoms with Gasteiger partial charge in [-0.2, -0.15) is 18.3 Å². The summed E-state index contributed by atoms with van der Waals surface area (Å²) in [6.07, 6.45) is -3.99. The number of nitrogens with two attached hydrogens (primary N) is 1. The highest BCUT2D eigenvalue weighted by Crippen LogP contribution is 2.30. The average molecular weight is 273 g/mol. The Morgan fingerprint density at radius 2 is 1.95 bits per heavy atom. The quantitative estimate of drug-likeness (QED) is 0.854. The summed E-state index contributed by atoms with van der Waals surface area (Å²) < 4.78 is 52.0. The van der Waals surface area contributed by atoms with Crippen LogP contribution >= 0.6 is 0 Å². The van der Waals surface area contributed by atoms with E-state index >= 15 is 0 Å². The van der Waals surface area contributed by atoms with Crippen LogP contribution in [-0.4, -0.2) is 9.78 Å². The predicted molar refractivity (Wildman–Crippen MR) is 62.3 cm³/mol. The van der Waals surface area contributed by atoms with Gasteiger partial charge in [0.05, 0.1) is 0 Å². The summed E-state index contributed by atoms with van der Waals surface area (Å²) >= 11 is 0. The Morgan fingerprint density at radius 1 is 1.26 bits per heavy atom. The van der Waals surface area contributed by atoms with Gasteiger partial charge in [0.2, 0.25) is 0 Å². The average Bonchev–Trinajstić information content (AvgIpc) is 2.71. The summed E-state index contributed by atoms with van der Waals surface area (Å²) in [5.41, 5.74) is 4.93. The Hall–Kier alpha value is -2.05. The summed E-state index contributed by atoms with van der Waals surface area (Å²) in [6, 6.07) is 4.90. The molecule has 7 heteroatoms. The SMILES string of the molecule is CCc1ccc(-n2nc(C(F)(F)F)cc2N)c(F)c1. The molecule has 1 aromatic carbocycles. The van der Waals surface area contributed by atoms with Crippen molar-refractivity contribution in [1.82, 2.24) is 9.78 Å². The van der Waals surface area contributed by atoms with Gasteiger partial charge >= 0.3 is 6.18 Å². The molecule has 0 radical (unpaired) electrons. The maximum absolute atomic E-state index is 13.8. The second-order valence-corrected chi connectivity index (χ2v) is 4.00. The van der Waals surface area contributed by atoms with E-state index in [0.717, 1.165) is 10.2 Å². The molecule has 0 saturated carbocycles. The monoisotopic (exact) mass is 273 g/mol. The van der Waals surface area contributed by atoms with Gasteiger partial charge in [0.15, 0.2) is 5.69 Å². The van der Waals surface area contributed by atoms with E-state index in [1.165, 1.54) is 12.1 Å². The first-order chi connectivity index (χ1) is 8.82. The molecule has 0 aliphatic rings. The topological polar surface area (TPSA) is 43.8 Å². The van der Waals surface area contributed by atoms with Gasteiger partial charge in [-0.1, -0.05) is 13.0 Å². The van der Waals surface area contributed by atoms with Crippen LogP contribution < -0.4 is 5.73 Å². The Bertz CT molecular complexity index is 602. The van der Waals surface area contributed by atoms with E-state index < -0.39 is 17.7 Å². The molecule has 3 nitrogen and oxygen atoms in total. The number of nitrogens with zero attached hydrogens (tertiary/aromatic N) is 2. The minimum Gasteiger partial charge on any atom is -0.384 e. The van der Waals surface area contributed by atoms with Crippen molar-refractivity contribution in [3.05, 3.63) is 41.3 Å². The van der Waals surface area contributed by atoms with Crippen LogP contribution in [0.3, 0.4) is 0 Å². The van der Waals surface area contributed by atoms with Crippen LogP contribution in [0.5, 0.6) is 0 Å². The molecule has 0 atom stereocenters. The van der Waals surface area contributed by atoms with E-state index in [0.29, 0.717) is 12.5 Å². The number of aromatic nitrogens is 2. The van der Waals surface area contributed by atoms with E-state index in [9.17, 15) is 17.6 Å². The van der Waals surface area contributed by atoms with E-state index in [4.69, 9.17) is 5.73 Å². The fraction of sp³-hybridized carbons (Fsp3) is 0.250. The van der Waals surface area contributed by atoms with E-state index in [1.54, 1.807) is 6.07 Å². The lowest BCUT2D eigenvalue weighted by Crippen LogP contribution is -2.08. The van der Waals surface area contributed by atoms with Crippen molar-refractivity contribution in [3.63, 3.8) is 0 Å². The molecule has 102 valence electrons. The molecule has 0 aliphatic heterocycles. The summed E-state index contributed by atoms with van der Waals surface area (Å²) in [6.45, 7) is 1.85. The molecule has 2 rings (SSSR count). The van der Waals surface area contributed by atoms with Crippen LogP contribution in [0.1, 0.15) is 18.2 Å². The Morgan fingerprint density at radius 3 is 2.42 bits per heavy atom. The molecule has 1 heterocycles. The third-order valence-electron chi connectivity index (χ3n) is 2.68. The fourth-order valence-electron chi connectivity index (χ4n) is 1.67. The van der Waals surface area contributed by atoms with Crippen LogP contribution in [0.25, 0.3) is 5.69 Å². The molecule has 0 amide bonds. The molecular formula is C12H11F4N3. The Balaban J connectivity index is 2.51. The number of aryl methyl sites for hydroxylation is 1. The summed E-state index contributed by atoms with van der Waals surface area (Å²) in [7, 11) is 0. The van der Waals surface area contributed by atoms with Gasteiger partial charge in [-0.25, -0.2) is 9.07 Å². The number of halogens is 4. The van der Waals surface area contributed by atoms with Gasteiger partial charge in [-0.3, -0.25) is 0 Å². The van der Waals surface area contributed by atoms with E-state index in [-0.39, 0.29) is 11.5 Å². The lowest BCUT2D eigenvalue weighted by Gasteiger charge is -2.07. The standard InChI is InChI=1S/C12H11F4N3/c1-2-7-3-4-9(8(13)5-7)19-11(17)6-10(18-19)12(14,15)16/h3-6H,2,17H2,1H3. The molecule has 0 saturated heterocycles. The molecule has 0 spiro atoms. The van der Waals surface area contributed by atoms with Crippen molar-refractivity contribution in [2.45, 2.75) is 19.5 Å². The number of rotatable bonds is 2. The number of hydrogen-bond acceptors (Lipinski definition) is 2. The zero-order valence-electron chi connectivity index (χ0n) is 10.0. The number of anilines is 1. The normalized spacial score (nSPS) is 11.8. The minimum atomic E-state index is -4.61. The van der Waals surface area contributed by atoms with Crippen molar-refractivity contribution in [2.24, 2.45) is 0 Å². The van der Waals surface area contributed by atoms with Crippen LogP contribution in [0.15, 0.2) is 24.3 Å². The number of hydrogen-bond donors (Lipinski definition) is 1. The molecule has 19 heavy (non-hydrogen) atoms. The zero-order chi connectivity index (χ0) is 14.2. The first-order valence-corrected chi connectivity index (χ1v) is 5.54. The lowest BCUT2D eigenvalue weighted by atomic mass is 10.1. The van der Waals surface area contributed by atoms with Crippen molar-refractivity contribution in [3.8, 4) is 5.69 Å². The minimum absolute atomic E-state index is 0.106. The molecule has 0 bridgehead atoms. The van der Waals surface area contributed by atoms with E-state index in [2.05, 4.69) is 5.10 Å². The van der Waals surface area contributed by atoms with Crippen molar-refractivity contribution >= 4 is 5.82 Å². The van der Waals surface area contributed by atoms with Crippen LogP contribution in [0.2, 0.25) is 0 Å². The summed E-state index contributed by atoms with van der Waals surface area (Å²) in [4.78, 5) is 0. The van der Waals surface area contributed by atoms with Gasteiger partial charge < -0.3 is 5.73 Å². The van der Waals surface area contributed by atoms with Crippen LogP contribution in [0, 0.1) is 5.82 Å². The van der Waals surface area contributed by atoms with E-state index in [1.807, 2.05) is 6.92 Å². The highest BCUT2D eigenvalue weighted by Gasteiger charge is 2.35. The molecule has 1 aromatic heterocycles. The second kappa shape index (κ2) is 4.56. The Labute approximate surface area is 106 Å². The smallest absolute Gasteiger partial charge is 0.384 e. The highest BCUT2D eigenvalue weighted by atomic mass is 19.4. The maximum Gasteiger partial charge on any atom is 0.435 e. The largest absolute Gasteiger partial charge is 0.435 e. The Kier molecular flexibility index (Phi) is 3.21. The van der Waals surface area contributed by atoms with Gasteiger partial charge in [0.25, 0.3) is 0 Å². The molecule has 0 aliphatic carbocycles. The second-order valence-electron chi connectivity index (χ2n) is 4.00. The fourth-order valence-corrected chi connectivity index (χ4v) is 1.67. The lowest BCUT2D eigenvalue weighted by molar-refractivity contribution is -0.141. The first-order valence-electron chi connectivity index (χ1n) is 5.54. The summed E-state index contributed by atoms with van der Waals surface area (Å²) in [5.74, 6) is -0.932. The maximum atomic E-state index is 13.8. The summed E-state index contributed by atoms with van der Waals surface area (Å²) in [5, 5.41) is 3.29. The van der Waals surface area contributed by atoms with Crippen molar-refractivity contribution < 1.29 is 17.6 Å². The number of nitrogen functional groups attached to an aromatic ring is 1. The predicted octanol–water partition coefficient (Wildman–Crippen LogP) is 3.17. The van der Waals surface area contributed by atoms with Crippen LogP contribution in [-0.2, 0) is 12.6 Å². The molecular weight excluding hydrogens is 262 g/mol. The van der Waals surface area contributed by atoms with Gasteiger partial charge in [-0.05, 0) is 24.1 Å². The zero-order valence-corrected chi connectivity index (χ0v) is 10.0. The molecule has 2 aromatic rings. The molecule has 2 N–H and O–H groups in total. The first kappa shape index (κ1) is 13.4. The molecule has 0 fully saturated rings.